The minimum Gasteiger partial charge on any atom is -0.394 e. The molecule has 0 unspecified atom stereocenters. The molecule has 2 aliphatic heterocycles. The van der Waals surface area contributed by atoms with Gasteiger partial charge in [-0.2, -0.15) is 13.2 Å². The third kappa shape index (κ3) is 2.99. The summed E-state index contributed by atoms with van der Waals surface area (Å²) in [7, 11) is 0. The highest BCUT2D eigenvalue weighted by molar-refractivity contribution is 5.96. The van der Waals surface area contributed by atoms with Gasteiger partial charge in [0.05, 0.1) is 18.7 Å². The number of hydrogen-bond acceptors (Lipinski definition) is 3. The Morgan fingerprint density at radius 3 is 2.52 bits per heavy atom. The summed E-state index contributed by atoms with van der Waals surface area (Å²) in [5.41, 5.74) is 1.13. The molecular formula is C17H19F3N2O3. The van der Waals surface area contributed by atoms with Crippen LogP contribution in [-0.4, -0.2) is 53.2 Å². The lowest BCUT2D eigenvalue weighted by Crippen LogP contribution is -2.70. The van der Waals surface area contributed by atoms with Gasteiger partial charge in [-0.15, -0.1) is 0 Å². The van der Waals surface area contributed by atoms with Gasteiger partial charge in [-0.25, -0.2) is 0 Å². The van der Waals surface area contributed by atoms with Crippen molar-refractivity contribution in [3.63, 3.8) is 0 Å². The van der Waals surface area contributed by atoms with E-state index in [1.165, 1.54) is 4.90 Å². The van der Waals surface area contributed by atoms with Gasteiger partial charge in [0.2, 0.25) is 11.8 Å². The number of likely N-dealkylation sites (tertiary alicyclic amines) is 1. The lowest BCUT2D eigenvalue weighted by Gasteiger charge is -2.59. The van der Waals surface area contributed by atoms with Gasteiger partial charge in [0.25, 0.3) is 0 Å². The van der Waals surface area contributed by atoms with Gasteiger partial charge < -0.3 is 14.9 Å². The monoisotopic (exact) mass is 356 g/mol. The minimum atomic E-state index is -4.59. The van der Waals surface area contributed by atoms with Crippen LogP contribution in [0.2, 0.25) is 0 Å². The Morgan fingerprint density at radius 2 is 1.92 bits per heavy atom. The van der Waals surface area contributed by atoms with Gasteiger partial charge in [-0.05, 0) is 11.6 Å². The maximum absolute atomic E-state index is 12.7. The highest BCUT2D eigenvalue weighted by Gasteiger charge is 2.55. The Labute approximate surface area is 143 Å². The molecule has 0 bridgehead atoms. The first kappa shape index (κ1) is 17.7. The molecule has 0 spiro atoms. The van der Waals surface area contributed by atoms with Crippen LogP contribution in [0.3, 0.4) is 0 Å². The summed E-state index contributed by atoms with van der Waals surface area (Å²) >= 11 is 0. The van der Waals surface area contributed by atoms with Gasteiger partial charge in [0.15, 0.2) is 0 Å². The zero-order valence-electron chi connectivity index (χ0n) is 13.7. The molecule has 1 aromatic rings. The molecule has 5 nitrogen and oxygen atoms in total. The van der Waals surface area contributed by atoms with Crippen molar-refractivity contribution in [2.45, 2.75) is 43.9 Å². The molecular weight excluding hydrogens is 337 g/mol. The van der Waals surface area contributed by atoms with Crippen LogP contribution >= 0.6 is 0 Å². The number of rotatable bonds is 3. The van der Waals surface area contributed by atoms with E-state index in [1.807, 2.05) is 0 Å². The van der Waals surface area contributed by atoms with Crippen LogP contribution in [0, 0.1) is 0 Å². The number of carbonyl (C=O) groups is 2. The third-order valence-corrected chi connectivity index (χ3v) is 4.93. The summed E-state index contributed by atoms with van der Waals surface area (Å²) in [6.45, 7) is 1.48. The first-order chi connectivity index (χ1) is 11.8. The molecule has 3 rings (SSSR count). The van der Waals surface area contributed by atoms with Crippen molar-refractivity contribution in [3.05, 3.63) is 29.8 Å². The number of fused-ring (bicyclic) bond motifs is 3. The molecule has 1 N–H and O–H groups in total. The Balaban J connectivity index is 1.96. The summed E-state index contributed by atoms with van der Waals surface area (Å²) in [6.07, 6.45) is -5.89. The molecule has 2 heterocycles. The molecule has 3 atom stereocenters. The average Bonchev–Trinajstić information content (AvgIpc) is 2.53. The number of para-hydroxylation sites is 1. The van der Waals surface area contributed by atoms with Crippen molar-refractivity contribution in [1.82, 2.24) is 4.90 Å². The molecule has 0 radical (unpaired) electrons. The van der Waals surface area contributed by atoms with Crippen molar-refractivity contribution < 1.29 is 27.9 Å². The van der Waals surface area contributed by atoms with Gasteiger partial charge in [-0.1, -0.05) is 25.1 Å². The molecule has 8 heteroatoms. The summed E-state index contributed by atoms with van der Waals surface area (Å²) in [5, 5.41) is 9.67. The van der Waals surface area contributed by atoms with Crippen LogP contribution in [0.4, 0.5) is 18.9 Å². The fourth-order valence-corrected chi connectivity index (χ4v) is 3.92. The predicted molar refractivity (Wildman–Crippen MR) is 84.0 cm³/mol. The smallest absolute Gasteiger partial charge is 0.394 e. The molecule has 25 heavy (non-hydrogen) atoms. The highest BCUT2D eigenvalue weighted by Crippen LogP contribution is 2.48. The molecule has 136 valence electrons. The molecule has 0 aromatic heterocycles. The van der Waals surface area contributed by atoms with E-state index in [9.17, 15) is 27.9 Å². The van der Waals surface area contributed by atoms with Crippen molar-refractivity contribution in [2.75, 3.05) is 18.1 Å². The zero-order chi connectivity index (χ0) is 18.4. The standard InChI is InChI=1S/C17H19F3N2O3/c1-2-14(24)22-12-8-21(15(25)7-17(18,19)20)11-6-4-3-5-10(11)16(12)13(22)9-23/h3-6,12-13,16,23H,2,7-9H2,1H3/t12-,13+,16+/m1/s1. The number of aliphatic hydroxyl groups is 1. The quantitative estimate of drug-likeness (QED) is 0.902. The van der Waals surface area contributed by atoms with Gasteiger partial charge in [0.1, 0.15) is 6.42 Å². The maximum atomic E-state index is 12.7. The molecule has 2 aliphatic rings. The van der Waals surface area contributed by atoms with E-state index in [-0.39, 0.29) is 31.4 Å². The van der Waals surface area contributed by atoms with E-state index in [2.05, 4.69) is 0 Å². The Kier molecular flexibility index (Phi) is 4.49. The van der Waals surface area contributed by atoms with E-state index in [0.717, 1.165) is 4.90 Å². The second-order valence-corrected chi connectivity index (χ2v) is 6.35. The number of hydrogen-bond donors (Lipinski definition) is 1. The fraction of sp³-hybridized carbons (Fsp3) is 0.529. The predicted octanol–water partition coefficient (Wildman–Crippen LogP) is 2.05. The Morgan fingerprint density at radius 1 is 1.24 bits per heavy atom. The van der Waals surface area contributed by atoms with Crippen molar-refractivity contribution >= 4 is 17.5 Å². The van der Waals surface area contributed by atoms with Crippen LogP contribution in [0.1, 0.15) is 31.2 Å². The van der Waals surface area contributed by atoms with E-state index in [1.54, 1.807) is 31.2 Å². The van der Waals surface area contributed by atoms with Gasteiger partial charge >= 0.3 is 6.18 Å². The highest BCUT2D eigenvalue weighted by atomic mass is 19.4. The number of carbonyl (C=O) groups excluding carboxylic acids is 2. The van der Waals surface area contributed by atoms with E-state index >= 15 is 0 Å². The van der Waals surface area contributed by atoms with Crippen molar-refractivity contribution in [3.8, 4) is 0 Å². The van der Waals surface area contributed by atoms with E-state index in [4.69, 9.17) is 0 Å². The molecule has 1 saturated heterocycles. The van der Waals surface area contributed by atoms with Crippen LogP contribution < -0.4 is 4.90 Å². The topological polar surface area (TPSA) is 60.9 Å². The van der Waals surface area contributed by atoms with Gasteiger partial charge in [0, 0.05) is 24.6 Å². The van der Waals surface area contributed by atoms with Crippen LogP contribution in [0.15, 0.2) is 24.3 Å². The minimum absolute atomic E-state index is 0.0127. The van der Waals surface area contributed by atoms with Crippen LogP contribution in [0.25, 0.3) is 0 Å². The van der Waals surface area contributed by atoms with Crippen LogP contribution in [0.5, 0.6) is 0 Å². The normalized spacial score (nSPS) is 25.1. The lowest BCUT2D eigenvalue weighted by atomic mass is 9.71. The summed E-state index contributed by atoms with van der Waals surface area (Å²) in [4.78, 5) is 27.0. The average molecular weight is 356 g/mol. The number of alkyl halides is 3. The van der Waals surface area contributed by atoms with Crippen LogP contribution in [-0.2, 0) is 9.59 Å². The Hall–Kier alpha value is -2.09. The SMILES string of the molecule is CCC(=O)N1[C@@H]2CN(C(=O)CC(F)(F)F)c3ccccc3[C@@H]2[C@@H]1CO. The van der Waals surface area contributed by atoms with Crippen molar-refractivity contribution in [2.24, 2.45) is 0 Å². The van der Waals surface area contributed by atoms with Crippen molar-refractivity contribution in [1.29, 1.82) is 0 Å². The lowest BCUT2D eigenvalue weighted by molar-refractivity contribution is -0.156. The second-order valence-electron chi connectivity index (χ2n) is 6.35. The first-order valence-electron chi connectivity index (χ1n) is 8.16. The number of amides is 2. The number of anilines is 1. The third-order valence-electron chi connectivity index (χ3n) is 4.93. The van der Waals surface area contributed by atoms with E-state index in [0.29, 0.717) is 11.3 Å². The number of benzene rings is 1. The summed E-state index contributed by atoms with van der Waals surface area (Å²) < 4.78 is 38.0. The van der Waals surface area contributed by atoms with E-state index < -0.39 is 30.6 Å². The molecule has 2 amide bonds. The molecule has 1 fully saturated rings. The molecule has 0 saturated carbocycles. The molecule has 1 aromatic carbocycles. The Bertz CT molecular complexity index is 692. The summed E-state index contributed by atoms with van der Waals surface area (Å²) in [5.74, 6) is -1.38. The van der Waals surface area contributed by atoms with Gasteiger partial charge in [-0.3, -0.25) is 9.59 Å². The fourth-order valence-electron chi connectivity index (χ4n) is 3.92. The number of nitrogens with zero attached hydrogens (tertiary/aromatic N) is 2. The maximum Gasteiger partial charge on any atom is 0.397 e. The largest absolute Gasteiger partial charge is 0.397 e. The summed E-state index contributed by atoms with van der Waals surface area (Å²) in [6, 6.07) is 5.95. The molecule has 0 aliphatic carbocycles. The number of aliphatic hydroxyl groups excluding tert-OH is 1. The zero-order valence-corrected chi connectivity index (χ0v) is 13.7. The first-order valence-corrected chi connectivity index (χ1v) is 8.16. The number of halogens is 3. The second kappa shape index (κ2) is 6.33.